The Labute approximate surface area is 125 Å². The molecule has 0 saturated heterocycles. The van der Waals surface area contributed by atoms with Crippen molar-refractivity contribution in [2.45, 2.75) is 33.1 Å². The fourth-order valence-corrected chi connectivity index (χ4v) is 2.57. The first kappa shape index (κ1) is 14.7. The molecule has 3 nitrogen and oxygen atoms in total. The van der Waals surface area contributed by atoms with E-state index in [1.54, 1.807) is 6.07 Å². The van der Waals surface area contributed by atoms with Crippen molar-refractivity contribution in [3.63, 3.8) is 0 Å². The minimum absolute atomic E-state index is 0.588. The van der Waals surface area contributed by atoms with Gasteiger partial charge in [0, 0.05) is 19.6 Å². The highest BCUT2D eigenvalue weighted by atomic mass is 35.5. The Morgan fingerprint density at radius 2 is 2.05 bits per heavy atom. The molecule has 1 aliphatic carbocycles. The van der Waals surface area contributed by atoms with E-state index in [4.69, 9.17) is 23.2 Å². The van der Waals surface area contributed by atoms with Crippen LogP contribution >= 0.6 is 23.2 Å². The zero-order valence-electron chi connectivity index (χ0n) is 11.5. The number of hydrogen-bond acceptors (Lipinski definition) is 3. The molecule has 0 bridgehead atoms. The highest BCUT2D eigenvalue weighted by Gasteiger charge is 2.25. The van der Waals surface area contributed by atoms with Crippen LogP contribution in [0.3, 0.4) is 0 Å². The highest BCUT2D eigenvalue weighted by molar-refractivity contribution is 6.37. The predicted molar refractivity (Wildman–Crippen MR) is 83.6 cm³/mol. The highest BCUT2D eigenvalue weighted by Crippen LogP contribution is 2.35. The number of hydrogen-bond donors (Lipinski definition) is 1. The van der Waals surface area contributed by atoms with E-state index in [9.17, 15) is 0 Å². The van der Waals surface area contributed by atoms with Crippen LogP contribution in [0.5, 0.6) is 0 Å². The number of nitrogens with one attached hydrogen (secondary N) is 1. The molecule has 19 heavy (non-hydrogen) atoms. The molecule has 2 rings (SSSR count). The fraction of sp³-hybridized carbons (Fsp3) is 0.643. The summed E-state index contributed by atoms with van der Waals surface area (Å²) in [5.74, 6) is 2.39. The van der Waals surface area contributed by atoms with Gasteiger partial charge in [-0.25, -0.2) is 4.98 Å². The first-order chi connectivity index (χ1) is 9.15. The van der Waals surface area contributed by atoms with Crippen molar-refractivity contribution >= 4 is 34.8 Å². The average Bonchev–Trinajstić information content (AvgIpc) is 3.19. The Morgan fingerprint density at radius 1 is 1.32 bits per heavy atom. The van der Waals surface area contributed by atoms with Gasteiger partial charge in [-0.1, -0.05) is 30.1 Å². The molecule has 1 aromatic heterocycles. The van der Waals surface area contributed by atoms with Gasteiger partial charge in [-0.2, -0.15) is 0 Å². The quantitative estimate of drug-likeness (QED) is 0.806. The molecule has 1 aromatic rings. The Morgan fingerprint density at radius 3 is 2.63 bits per heavy atom. The molecule has 0 atom stereocenters. The van der Waals surface area contributed by atoms with Crippen LogP contribution in [-0.4, -0.2) is 24.6 Å². The Balaban J connectivity index is 2.20. The van der Waals surface area contributed by atoms with Gasteiger partial charge in [0.2, 0.25) is 0 Å². The van der Waals surface area contributed by atoms with Crippen molar-refractivity contribution in [3.05, 3.63) is 16.1 Å². The molecule has 0 unspecified atom stereocenters. The molecule has 1 heterocycles. The smallest absolute Gasteiger partial charge is 0.149 e. The molecule has 0 aromatic carbocycles. The van der Waals surface area contributed by atoms with Crippen molar-refractivity contribution in [1.82, 2.24) is 4.98 Å². The van der Waals surface area contributed by atoms with Gasteiger partial charge in [-0.05, 0) is 38.2 Å². The number of rotatable bonds is 7. The third-order valence-corrected chi connectivity index (χ3v) is 3.88. The summed E-state index contributed by atoms with van der Waals surface area (Å²) in [7, 11) is 0. The number of nitrogens with zero attached hydrogens (tertiary/aromatic N) is 2. The van der Waals surface area contributed by atoms with Crippen LogP contribution in [0.25, 0.3) is 0 Å². The number of aromatic nitrogens is 1. The topological polar surface area (TPSA) is 28.2 Å². The first-order valence-corrected chi connectivity index (χ1v) is 7.76. The second-order valence-corrected chi connectivity index (χ2v) is 5.85. The summed E-state index contributed by atoms with van der Waals surface area (Å²) in [5, 5.41) is 4.47. The molecule has 0 spiro atoms. The van der Waals surface area contributed by atoms with E-state index in [2.05, 4.69) is 29.0 Å². The Bertz CT molecular complexity index is 433. The van der Waals surface area contributed by atoms with E-state index < -0.39 is 0 Å². The summed E-state index contributed by atoms with van der Waals surface area (Å²) in [6.07, 6.45) is 3.68. The summed E-state index contributed by atoms with van der Waals surface area (Å²) in [5.41, 5.74) is 0. The lowest BCUT2D eigenvalue weighted by molar-refractivity contribution is 0.732. The third kappa shape index (κ3) is 3.90. The largest absolute Gasteiger partial charge is 0.369 e. The first-order valence-electron chi connectivity index (χ1n) is 7.00. The summed E-state index contributed by atoms with van der Waals surface area (Å²) >= 11 is 12.5. The molecule has 5 heteroatoms. The number of pyridine rings is 1. The molecular formula is C14H21Cl2N3. The lowest BCUT2D eigenvalue weighted by Crippen LogP contribution is -2.26. The monoisotopic (exact) mass is 301 g/mol. The van der Waals surface area contributed by atoms with Crippen LogP contribution in [0.15, 0.2) is 6.07 Å². The van der Waals surface area contributed by atoms with Gasteiger partial charge >= 0.3 is 0 Å². The van der Waals surface area contributed by atoms with Gasteiger partial charge in [-0.3, -0.25) is 0 Å². The molecule has 0 radical (unpaired) electrons. The van der Waals surface area contributed by atoms with Crippen LogP contribution < -0.4 is 10.2 Å². The van der Waals surface area contributed by atoms with Crippen LogP contribution in [0.4, 0.5) is 11.6 Å². The van der Waals surface area contributed by atoms with Crippen molar-refractivity contribution < 1.29 is 0 Å². The van der Waals surface area contributed by atoms with E-state index in [1.165, 1.54) is 12.8 Å². The second-order valence-electron chi connectivity index (χ2n) is 5.03. The van der Waals surface area contributed by atoms with E-state index >= 15 is 0 Å². The van der Waals surface area contributed by atoms with Crippen LogP contribution in [0, 0.1) is 5.92 Å². The van der Waals surface area contributed by atoms with Gasteiger partial charge in [0.05, 0.1) is 10.0 Å². The molecule has 1 fully saturated rings. The van der Waals surface area contributed by atoms with Crippen LogP contribution in [0.2, 0.25) is 10.0 Å². The van der Waals surface area contributed by atoms with E-state index in [-0.39, 0.29) is 0 Å². The molecule has 1 saturated carbocycles. The normalized spacial score (nSPS) is 14.5. The predicted octanol–water partition coefficient (Wildman–Crippen LogP) is 4.45. The standard InChI is InChI=1S/C14H21Cl2N3/c1-3-7-17-13-11(15)8-12(16)14(18-13)19(4-2)9-10-5-6-10/h8,10H,3-7,9H2,1-2H3,(H,17,18). The van der Waals surface area contributed by atoms with Gasteiger partial charge < -0.3 is 10.2 Å². The lowest BCUT2D eigenvalue weighted by Gasteiger charge is -2.24. The van der Waals surface area contributed by atoms with Crippen molar-refractivity contribution in [2.24, 2.45) is 5.92 Å². The van der Waals surface area contributed by atoms with Gasteiger partial charge in [0.15, 0.2) is 0 Å². The molecule has 0 amide bonds. The van der Waals surface area contributed by atoms with Crippen LogP contribution in [-0.2, 0) is 0 Å². The molecule has 106 valence electrons. The summed E-state index contributed by atoms with van der Waals surface area (Å²) in [4.78, 5) is 6.86. The summed E-state index contributed by atoms with van der Waals surface area (Å²) in [6, 6.07) is 1.79. The fourth-order valence-electron chi connectivity index (χ4n) is 2.02. The molecular weight excluding hydrogens is 281 g/mol. The van der Waals surface area contributed by atoms with E-state index in [0.717, 1.165) is 43.6 Å². The van der Waals surface area contributed by atoms with Gasteiger partial charge in [0.25, 0.3) is 0 Å². The Hall–Kier alpha value is -0.670. The van der Waals surface area contributed by atoms with E-state index in [1.807, 2.05) is 0 Å². The zero-order chi connectivity index (χ0) is 13.8. The van der Waals surface area contributed by atoms with Crippen molar-refractivity contribution in [3.8, 4) is 0 Å². The molecule has 1 N–H and O–H groups in total. The van der Waals surface area contributed by atoms with Crippen molar-refractivity contribution in [2.75, 3.05) is 29.9 Å². The zero-order valence-corrected chi connectivity index (χ0v) is 13.1. The third-order valence-electron chi connectivity index (χ3n) is 3.31. The maximum atomic E-state index is 6.30. The number of halogens is 2. The minimum atomic E-state index is 0.588. The van der Waals surface area contributed by atoms with Gasteiger partial charge in [0.1, 0.15) is 11.6 Å². The number of anilines is 2. The second kappa shape index (κ2) is 6.67. The lowest BCUT2D eigenvalue weighted by atomic mass is 10.3. The van der Waals surface area contributed by atoms with Gasteiger partial charge in [-0.15, -0.1) is 0 Å². The van der Waals surface area contributed by atoms with E-state index in [0.29, 0.717) is 10.0 Å². The minimum Gasteiger partial charge on any atom is -0.369 e. The average molecular weight is 302 g/mol. The SMILES string of the molecule is CCCNc1nc(N(CC)CC2CC2)c(Cl)cc1Cl. The summed E-state index contributed by atoms with van der Waals surface area (Å²) < 4.78 is 0. The molecule has 1 aliphatic rings. The maximum Gasteiger partial charge on any atom is 0.149 e. The van der Waals surface area contributed by atoms with Crippen molar-refractivity contribution in [1.29, 1.82) is 0 Å². The summed E-state index contributed by atoms with van der Waals surface area (Å²) in [6.45, 7) is 7.07. The van der Waals surface area contributed by atoms with Crippen LogP contribution in [0.1, 0.15) is 33.1 Å². The Kier molecular flexibility index (Phi) is 5.17. The maximum absolute atomic E-state index is 6.30. The molecule has 0 aliphatic heterocycles.